The second-order valence-electron chi connectivity index (χ2n) is 4.28. The molecule has 1 aromatic carbocycles. The molecule has 1 aromatic heterocycles. The molecule has 1 aliphatic rings. The van der Waals surface area contributed by atoms with E-state index >= 15 is 0 Å². The van der Waals surface area contributed by atoms with Crippen LogP contribution in [0.2, 0.25) is 0 Å². The van der Waals surface area contributed by atoms with Crippen molar-refractivity contribution in [1.82, 2.24) is 10.3 Å². The first-order valence-corrected chi connectivity index (χ1v) is 6.84. The van der Waals surface area contributed by atoms with Crippen LogP contribution in [-0.4, -0.2) is 24.7 Å². The molecule has 1 fully saturated rings. The van der Waals surface area contributed by atoms with E-state index in [1.165, 1.54) is 23.5 Å². The van der Waals surface area contributed by atoms with Crippen molar-refractivity contribution in [3.05, 3.63) is 40.2 Å². The van der Waals surface area contributed by atoms with Crippen LogP contribution in [0, 0.1) is 11.6 Å². The molecule has 3 nitrogen and oxygen atoms in total. The van der Waals surface area contributed by atoms with E-state index in [-0.39, 0.29) is 18.4 Å². The first-order chi connectivity index (χ1) is 9.24. The summed E-state index contributed by atoms with van der Waals surface area (Å²) in [6.45, 7) is 2.05. The second kappa shape index (κ2) is 6.58. The first-order valence-electron chi connectivity index (χ1n) is 5.96. The van der Waals surface area contributed by atoms with Crippen molar-refractivity contribution >= 4 is 23.7 Å². The van der Waals surface area contributed by atoms with Gasteiger partial charge in [-0.2, -0.15) is 0 Å². The number of morpholine rings is 1. The molecule has 3 rings (SSSR count). The Morgan fingerprint density at radius 2 is 2.20 bits per heavy atom. The van der Waals surface area contributed by atoms with Gasteiger partial charge in [0.15, 0.2) is 0 Å². The predicted octanol–water partition coefficient (Wildman–Crippen LogP) is 3.17. The average molecular weight is 319 g/mol. The summed E-state index contributed by atoms with van der Waals surface area (Å²) in [5.41, 5.74) is 0.852. The van der Waals surface area contributed by atoms with Crippen LogP contribution in [-0.2, 0) is 4.74 Å². The Balaban J connectivity index is 0.00000147. The van der Waals surface area contributed by atoms with Gasteiger partial charge in [-0.1, -0.05) is 0 Å². The summed E-state index contributed by atoms with van der Waals surface area (Å²) in [4.78, 5) is 4.41. The number of nitrogens with one attached hydrogen (secondary N) is 1. The Bertz CT molecular complexity index is 588. The highest BCUT2D eigenvalue weighted by Crippen LogP contribution is 2.28. The van der Waals surface area contributed by atoms with E-state index in [0.717, 1.165) is 17.6 Å². The Kier molecular flexibility index (Phi) is 5.04. The quantitative estimate of drug-likeness (QED) is 0.923. The van der Waals surface area contributed by atoms with Gasteiger partial charge in [0.1, 0.15) is 16.6 Å². The Labute approximate surface area is 125 Å². The van der Waals surface area contributed by atoms with E-state index in [0.29, 0.717) is 24.5 Å². The van der Waals surface area contributed by atoms with Crippen molar-refractivity contribution in [3.63, 3.8) is 0 Å². The fraction of sp³-hybridized carbons (Fsp3) is 0.308. The van der Waals surface area contributed by atoms with Crippen LogP contribution in [0.25, 0.3) is 11.3 Å². The third kappa shape index (κ3) is 3.15. The van der Waals surface area contributed by atoms with Gasteiger partial charge in [-0.25, -0.2) is 13.8 Å². The number of ether oxygens (including phenoxy) is 1. The summed E-state index contributed by atoms with van der Waals surface area (Å²) in [6.07, 6.45) is 0. The number of nitrogens with zero attached hydrogens (tertiary/aromatic N) is 1. The highest BCUT2D eigenvalue weighted by atomic mass is 35.5. The van der Waals surface area contributed by atoms with Gasteiger partial charge in [-0.15, -0.1) is 23.7 Å². The number of thiazole rings is 1. The first kappa shape index (κ1) is 15.3. The van der Waals surface area contributed by atoms with Gasteiger partial charge in [0.2, 0.25) is 0 Å². The van der Waals surface area contributed by atoms with Crippen LogP contribution in [0.3, 0.4) is 0 Å². The van der Waals surface area contributed by atoms with Gasteiger partial charge >= 0.3 is 0 Å². The molecule has 7 heteroatoms. The Morgan fingerprint density at radius 1 is 1.35 bits per heavy atom. The highest BCUT2D eigenvalue weighted by Gasteiger charge is 2.19. The number of hydrogen-bond donors (Lipinski definition) is 1. The Morgan fingerprint density at radius 3 is 2.90 bits per heavy atom. The molecule has 0 saturated carbocycles. The third-order valence-electron chi connectivity index (χ3n) is 2.95. The van der Waals surface area contributed by atoms with E-state index in [1.54, 1.807) is 5.38 Å². The molecule has 0 bridgehead atoms. The minimum absolute atomic E-state index is 0. The summed E-state index contributed by atoms with van der Waals surface area (Å²) in [6, 6.07) is 3.57. The number of rotatable bonds is 2. The van der Waals surface area contributed by atoms with E-state index in [4.69, 9.17) is 4.74 Å². The molecule has 0 aliphatic carbocycles. The lowest BCUT2D eigenvalue weighted by atomic mass is 10.1. The fourth-order valence-electron chi connectivity index (χ4n) is 1.99. The lowest BCUT2D eigenvalue weighted by Crippen LogP contribution is -2.34. The lowest BCUT2D eigenvalue weighted by molar-refractivity contribution is 0.0768. The van der Waals surface area contributed by atoms with Crippen LogP contribution in [0.15, 0.2) is 23.6 Å². The summed E-state index contributed by atoms with van der Waals surface area (Å²) >= 11 is 1.45. The average Bonchev–Trinajstić information content (AvgIpc) is 2.89. The number of hydrogen-bond acceptors (Lipinski definition) is 4. The molecular formula is C13H13ClF2N2OS. The second-order valence-corrected chi connectivity index (χ2v) is 5.17. The van der Waals surface area contributed by atoms with Crippen molar-refractivity contribution in [3.8, 4) is 11.3 Å². The van der Waals surface area contributed by atoms with Gasteiger partial charge in [0.25, 0.3) is 0 Å². The van der Waals surface area contributed by atoms with E-state index in [2.05, 4.69) is 10.3 Å². The molecule has 1 atom stereocenters. The van der Waals surface area contributed by atoms with Gasteiger partial charge in [-0.3, -0.25) is 0 Å². The summed E-state index contributed by atoms with van der Waals surface area (Å²) in [5.74, 6) is -1.18. The zero-order valence-electron chi connectivity index (χ0n) is 10.4. The molecule has 2 aromatic rings. The molecular weight excluding hydrogens is 306 g/mol. The summed E-state index contributed by atoms with van der Waals surface area (Å²) in [5, 5.41) is 5.93. The topological polar surface area (TPSA) is 34.1 Å². The molecule has 0 radical (unpaired) electrons. The van der Waals surface area contributed by atoms with Crippen molar-refractivity contribution < 1.29 is 13.5 Å². The largest absolute Gasteiger partial charge is 0.378 e. The van der Waals surface area contributed by atoms with Crippen molar-refractivity contribution in [2.45, 2.75) is 6.04 Å². The van der Waals surface area contributed by atoms with Crippen LogP contribution in [0.1, 0.15) is 11.0 Å². The van der Waals surface area contributed by atoms with Crippen molar-refractivity contribution in [1.29, 1.82) is 0 Å². The van der Waals surface area contributed by atoms with Crippen molar-refractivity contribution in [2.75, 3.05) is 19.8 Å². The van der Waals surface area contributed by atoms with Crippen LogP contribution >= 0.6 is 23.7 Å². The molecule has 108 valence electrons. The van der Waals surface area contributed by atoms with Gasteiger partial charge < -0.3 is 10.1 Å². The number of aromatic nitrogens is 1. The maximum Gasteiger partial charge on any atom is 0.135 e. The maximum atomic E-state index is 13.7. The monoisotopic (exact) mass is 318 g/mol. The maximum absolute atomic E-state index is 13.7. The van der Waals surface area contributed by atoms with E-state index in [1.807, 2.05) is 0 Å². The minimum atomic E-state index is -0.593. The predicted molar refractivity (Wildman–Crippen MR) is 76.3 cm³/mol. The lowest BCUT2D eigenvalue weighted by Gasteiger charge is -2.21. The SMILES string of the molecule is Cl.Fc1ccc(-c2csc(C3COCCN3)n2)c(F)c1. The van der Waals surface area contributed by atoms with Crippen LogP contribution < -0.4 is 5.32 Å². The van der Waals surface area contributed by atoms with E-state index in [9.17, 15) is 8.78 Å². The molecule has 1 aliphatic heterocycles. The van der Waals surface area contributed by atoms with Crippen molar-refractivity contribution in [2.24, 2.45) is 0 Å². The van der Waals surface area contributed by atoms with E-state index < -0.39 is 11.6 Å². The fourth-order valence-corrected chi connectivity index (χ4v) is 2.87. The molecule has 20 heavy (non-hydrogen) atoms. The van der Waals surface area contributed by atoms with Gasteiger partial charge in [0, 0.05) is 23.6 Å². The molecule has 0 spiro atoms. The van der Waals surface area contributed by atoms with Gasteiger partial charge in [0.05, 0.1) is 24.9 Å². The highest BCUT2D eigenvalue weighted by molar-refractivity contribution is 7.10. The molecule has 1 N–H and O–H groups in total. The number of halogens is 3. The Hall–Kier alpha value is -1.08. The zero-order valence-corrected chi connectivity index (χ0v) is 12.1. The molecule has 1 unspecified atom stereocenters. The third-order valence-corrected chi connectivity index (χ3v) is 3.91. The standard InChI is InChI=1S/C13H12F2N2OS.ClH/c14-8-1-2-9(10(15)5-8)12-7-19-13(17-12)11-6-18-4-3-16-11;/h1-2,5,7,11,16H,3-4,6H2;1H. The molecule has 0 amide bonds. The van der Waals surface area contributed by atoms with Crippen LogP contribution in [0.4, 0.5) is 8.78 Å². The van der Waals surface area contributed by atoms with Crippen LogP contribution in [0.5, 0.6) is 0 Å². The smallest absolute Gasteiger partial charge is 0.135 e. The molecule has 1 saturated heterocycles. The zero-order chi connectivity index (χ0) is 13.2. The number of benzene rings is 1. The molecule has 2 heterocycles. The minimum Gasteiger partial charge on any atom is -0.378 e. The summed E-state index contributed by atoms with van der Waals surface area (Å²) in [7, 11) is 0. The van der Waals surface area contributed by atoms with Gasteiger partial charge in [-0.05, 0) is 12.1 Å². The summed E-state index contributed by atoms with van der Waals surface area (Å²) < 4.78 is 31.9. The normalized spacial score (nSPS) is 18.6.